The first kappa shape index (κ1) is 13.0. The maximum absolute atomic E-state index is 11.3. The lowest BCUT2D eigenvalue weighted by atomic mass is 9.81. The van der Waals surface area contributed by atoms with E-state index >= 15 is 0 Å². The van der Waals surface area contributed by atoms with Crippen LogP contribution in [0.2, 0.25) is 0 Å². The zero-order valence-corrected chi connectivity index (χ0v) is 10.3. The minimum absolute atomic E-state index is 0.133. The van der Waals surface area contributed by atoms with E-state index < -0.39 is 5.92 Å². The van der Waals surface area contributed by atoms with E-state index in [2.05, 4.69) is 12.2 Å². The number of rotatable bonds is 4. The number of hydrogen-bond donors (Lipinski definition) is 1. The molecule has 0 bridgehead atoms. The molecule has 1 aliphatic rings. The summed E-state index contributed by atoms with van der Waals surface area (Å²) in [6.45, 7) is 4.67. The van der Waals surface area contributed by atoms with Gasteiger partial charge in [0.15, 0.2) is 0 Å². The monoisotopic (exact) mass is 222 g/mol. The fraction of sp³-hybridized carbons (Fsp3) is 0.846. The summed E-state index contributed by atoms with van der Waals surface area (Å²) in [5.74, 6) is 0.950. The normalized spacial score (nSPS) is 26.8. The SMILES string of the molecule is CC1CCCC(CCNC(=O)C(C)C#N)C1. The van der Waals surface area contributed by atoms with Crippen LogP contribution in [0, 0.1) is 29.1 Å². The number of carbonyl (C=O) groups excluding carboxylic acids is 1. The van der Waals surface area contributed by atoms with E-state index in [0.29, 0.717) is 0 Å². The Hall–Kier alpha value is -1.04. The Morgan fingerprint density at radius 3 is 2.94 bits per heavy atom. The molecule has 1 aliphatic carbocycles. The van der Waals surface area contributed by atoms with Gasteiger partial charge in [-0.3, -0.25) is 4.79 Å². The molecule has 0 heterocycles. The molecular weight excluding hydrogens is 200 g/mol. The zero-order chi connectivity index (χ0) is 12.0. The first-order valence-corrected chi connectivity index (χ1v) is 6.30. The Morgan fingerprint density at radius 1 is 1.56 bits per heavy atom. The molecule has 16 heavy (non-hydrogen) atoms. The highest BCUT2D eigenvalue weighted by Crippen LogP contribution is 2.30. The molecule has 3 heteroatoms. The standard InChI is InChI=1S/C13H22N2O/c1-10-4-3-5-12(8-10)6-7-15-13(16)11(2)9-14/h10-12H,3-8H2,1-2H3,(H,15,16). The van der Waals surface area contributed by atoms with E-state index in [4.69, 9.17) is 5.26 Å². The van der Waals surface area contributed by atoms with Crippen molar-refractivity contribution < 1.29 is 4.79 Å². The average Bonchev–Trinajstić information content (AvgIpc) is 2.28. The van der Waals surface area contributed by atoms with Crippen LogP contribution < -0.4 is 5.32 Å². The number of hydrogen-bond acceptors (Lipinski definition) is 2. The van der Waals surface area contributed by atoms with Crippen LogP contribution in [0.3, 0.4) is 0 Å². The Labute approximate surface area is 98.2 Å². The highest BCUT2D eigenvalue weighted by molar-refractivity contribution is 5.80. The van der Waals surface area contributed by atoms with Gasteiger partial charge >= 0.3 is 0 Å². The summed E-state index contributed by atoms with van der Waals surface area (Å²) < 4.78 is 0. The molecule has 0 aromatic carbocycles. The predicted molar refractivity (Wildman–Crippen MR) is 63.5 cm³/mol. The van der Waals surface area contributed by atoms with Gasteiger partial charge in [0.2, 0.25) is 5.91 Å². The van der Waals surface area contributed by atoms with Crippen LogP contribution >= 0.6 is 0 Å². The number of amides is 1. The van der Waals surface area contributed by atoms with Crippen LogP contribution in [0.15, 0.2) is 0 Å². The van der Waals surface area contributed by atoms with Gasteiger partial charge in [0.25, 0.3) is 0 Å². The summed E-state index contributed by atoms with van der Waals surface area (Å²) in [5.41, 5.74) is 0. The third-order valence-corrected chi connectivity index (χ3v) is 3.48. The van der Waals surface area contributed by atoms with Crippen LogP contribution in [0.1, 0.15) is 46.0 Å². The van der Waals surface area contributed by atoms with Crippen LogP contribution in [0.5, 0.6) is 0 Å². The lowest BCUT2D eigenvalue weighted by molar-refractivity contribution is -0.122. The second-order valence-corrected chi connectivity index (χ2v) is 5.07. The van der Waals surface area contributed by atoms with Gasteiger partial charge < -0.3 is 5.32 Å². The third-order valence-electron chi connectivity index (χ3n) is 3.48. The summed E-state index contributed by atoms with van der Waals surface area (Å²) in [7, 11) is 0. The lowest BCUT2D eigenvalue weighted by Crippen LogP contribution is -2.30. The molecule has 1 amide bonds. The fourth-order valence-corrected chi connectivity index (χ4v) is 2.43. The van der Waals surface area contributed by atoms with Crippen molar-refractivity contribution in [3.8, 4) is 6.07 Å². The molecule has 3 nitrogen and oxygen atoms in total. The Kier molecular flexibility index (Phi) is 5.31. The first-order chi connectivity index (χ1) is 7.63. The van der Waals surface area contributed by atoms with Crippen molar-refractivity contribution in [2.24, 2.45) is 17.8 Å². The van der Waals surface area contributed by atoms with E-state index in [9.17, 15) is 4.79 Å². The molecule has 3 unspecified atom stereocenters. The molecule has 1 saturated carbocycles. The van der Waals surface area contributed by atoms with Gasteiger partial charge in [-0.1, -0.05) is 26.2 Å². The van der Waals surface area contributed by atoms with Crippen LogP contribution in [0.25, 0.3) is 0 Å². The number of nitriles is 1. The van der Waals surface area contributed by atoms with Gasteiger partial charge in [-0.05, 0) is 31.6 Å². The van der Waals surface area contributed by atoms with Gasteiger partial charge in [-0.25, -0.2) is 0 Å². The van der Waals surface area contributed by atoms with E-state index in [0.717, 1.165) is 24.8 Å². The maximum atomic E-state index is 11.3. The van der Waals surface area contributed by atoms with Crippen LogP contribution in [0.4, 0.5) is 0 Å². The van der Waals surface area contributed by atoms with Crippen molar-refractivity contribution in [2.75, 3.05) is 6.54 Å². The third kappa shape index (κ3) is 4.22. The molecular formula is C13H22N2O. The molecule has 0 aromatic rings. The van der Waals surface area contributed by atoms with Crippen molar-refractivity contribution in [3.63, 3.8) is 0 Å². The minimum atomic E-state index is -0.523. The highest BCUT2D eigenvalue weighted by atomic mass is 16.1. The summed E-state index contributed by atoms with van der Waals surface area (Å²) in [5, 5.41) is 11.4. The predicted octanol–water partition coefficient (Wildman–Crippen LogP) is 2.48. The Bertz CT molecular complexity index is 270. The van der Waals surface area contributed by atoms with Crippen molar-refractivity contribution >= 4 is 5.91 Å². The van der Waals surface area contributed by atoms with E-state index in [-0.39, 0.29) is 5.91 Å². The quantitative estimate of drug-likeness (QED) is 0.794. The Balaban J connectivity index is 2.15. The minimum Gasteiger partial charge on any atom is -0.355 e. The molecule has 1 rings (SSSR count). The summed E-state index contributed by atoms with van der Waals surface area (Å²) in [6, 6.07) is 1.95. The largest absolute Gasteiger partial charge is 0.355 e. The second kappa shape index (κ2) is 6.52. The van der Waals surface area contributed by atoms with E-state index in [1.54, 1.807) is 6.92 Å². The molecule has 90 valence electrons. The summed E-state index contributed by atoms with van der Waals surface area (Å²) >= 11 is 0. The molecule has 0 radical (unpaired) electrons. The van der Waals surface area contributed by atoms with Crippen LogP contribution in [-0.2, 0) is 4.79 Å². The van der Waals surface area contributed by atoms with Gasteiger partial charge in [0, 0.05) is 6.54 Å². The van der Waals surface area contributed by atoms with Crippen molar-refractivity contribution in [3.05, 3.63) is 0 Å². The van der Waals surface area contributed by atoms with E-state index in [1.807, 2.05) is 6.07 Å². The van der Waals surface area contributed by atoms with Crippen molar-refractivity contribution in [1.29, 1.82) is 5.26 Å². The Morgan fingerprint density at radius 2 is 2.31 bits per heavy atom. The zero-order valence-electron chi connectivity index (χ0n) is 10.3. The number of carbonyl (C=O) groups is 1. The molecule has 0 spiro atoms. The smallest absolute Gasteiger partial charge is 0.237 e. The topological polar surface area (TPSA) is 52.9 Å². The first-order valence-electron chi connectivity index (χ1n) is 6.30. The molecule has 1 fully saturated rings. The van der Waals surface area contributed by atoms with Gasteiger partial charge in [-0.15, -0.1) is 0 Å². The lowest BCUT2D eigenvalue weighted by Gasteiger charge is -2.26. The number of nitrogens with one attached hydrogen (secondary N) is 1. The molecule has 0 aliphatic heterocycles. The van der Waals surface area contributed by atoms with Gasteiger partial charge in [0.1, 0.15) is 5.92 Å². The van der Waals surface area contributed by atoms with Crippen LogP contribution in [-0.4, -0.2) is 12.5 Å². The summed E-state index contributed by atoms with van der Waals surface area (Å²) in [4.78, 5) is 11.3. The molecule has 0 aromatic heterocycles. The van der Waals surface area contributed by atoms with Crippen molar-refractivity contribution in [1.82, 2.24) is 5.32 Å². The maximum Gasteiger partial charge on any atom is 0.237 e. The molecule has 1 N–H and O–H groups in total. The molecule has 0 saturated heterocycles. The number of nitrogens with zero attached hydrogens (tertiary/aromatic N) is 1. The highest BCUT2D eigenvalue weighted by Gasteiger charge is 2.19. The summed E-state index contributed by atoms with van der Waals surface area (Å²) in [6.07, 6.45) is 6.34. The average molecular weight is 222 g/mol. The van der Waals surface area contributed by atoms with E-state index in [1.165, 1.54) is 25.7 Å². The fourth-order valence-electron chi connectivity index (χ4n) is 2.43. The van der Waals surface area contributed by atoms with Gasteiger partial charge in [-0.2, -0.15) is 5.26 Å². The van der Waals surface area contributed by atoms with Gasteiger partial charge in [0.05, 0.1) is 6.07 Å². The molecule has 3 atom stereocenters. The second-order valence-electron chi connectivity index (χ2n) is 5.07. The van der Waals surface area contributed by atoms with Crippen molar-refractivity contribution in [2.45, 2.75) is 46.0 Å².